The van der Waals surface area contributed by atoms with Gasteiger partial charge < -0.3 is 9.73 Å². The maximum Gasteiger partial charge on any atom is 0.257 e. The molecule has 0 fully saturated rings. The van der Waals surface area contributed by atoms with Crippen molar-refractivity contribution in [2.24, 2.45) is 0 Å². The number of nitrogens with one attached hydrogen (secondary N) is 1. The average Bonchev–Trinajstić information content (AvgIpc) is 2.91. The van der Waals surface area contributed by atoms with Gasteiger partial charge in [0.25, 0.3) is 5.22 Å². The summed E-state index contributed by atoms with van der Waals surface area (Å²) in [5, 5.41) is 2.97. The number of oxazole rings is 1. The smallest absolute Gasteiger partial charge is 0.257 e. The monoisotopic (exact) mass is 313 g/mol. The summed E-state index contributed by atoms with van der Waals surface area (Å²) in [6.45, 7) is 3.72. The predicted octanol–water partition coefficient (Wildman–Crippen LogP) is 3.65. The molecule has 1 unspecified atom stereocenters. The van der Waals surface area contributed by atoms with Gasteiger partial charge in [-0.25, -0.2) is 9.97 Å². The van der Waals surface area contributed by atoms with Crippen molar-refractivity contribution in [3.8, 4) is 0 Å². The third-order valence-corrected chi connectivity index (χ3v) is 4.12. The molecule has 2 aromatic heterocycles. The summed E-state index contributed by atoms with van der Waals surface area (Å²) in [5.41, 5.74) is 2.44. The lowest BCUT2D eigenvalue weighted by Crippen LogP contribution is -2.23. The van der Waals surface area contributed by atoms with Crippen LogP contribution in [0.5, 0.6) is 0 Å². The molecule has 0 saturated carbocycles. The molecule has 0 radical (unpaired) electrons. The Hall–Kier alpha value is -2.34. The van der Waals surface area contributed by atoms with E-state index in [1.165, 1.54) is 11.8 Å². The van der Waals surface area contributed by atoms with Crippen molar-refractivity contribution in [3.63, 3.8) is 0 Å². The van der Waals surface area contributed by atoms with Crippen LogP contribution in [0.25, 0.3) is 11.1 Å². The highest BCUT2D eigenvalue weighted by Gasteiger charge is 2.19. The number of para-hydroxylation sites is 2. The molecular weight excluding hydrogens is 298 g/mol. The second kappa shape index (κ2) is 6.19. The minimum atomic E-state index is -0.338. The van der Waals surface area contributed by atoms with Crippen molar-refractivity contribution in [2.75, 3.05) is 5.32 Å². The Balaban J connectivity index is 1.69. The zero-order chi connectivity index (χ0) is 15.5. The van der Waals surface area contributed by atoms with Gasteiger partial charge in [0.05, 0.1) is 5.25 Å². The van der Waals surface area contributed by atoms with Crippen LogP contribution in [0.1, 0.15) is 12.5 Å². The summed E-state index contributed by atoms with van der Waals surface area (Å²) in [6, 6.07) is 11.3. The second-order valence-electron chi connectivity index (χ2n) is 4.87. The molecule has 0 aliphatic heterocycles. The maximum atomic E-state index is 12.2. The van der Waals surface area contributed by atoms with E-state index in [1.54, 1.807) is 6.20 Å². The SMILES string of the molecule is Cc1cccnc1NC(=O)C(C)Sc1nc2ccccc2o1. The summed E-state index contributed by atoms with van der Waals surface area (Å²) < 4.78 is 5.62. The van der Waals surface area contributed by atoms with Crippen molar-refractivity contribution in [1.82, 2.24) is 9.97 Å². The molecule has 1 atom stereocenters. The summed E-state index contributed by atoms with van der Waals surface area (Å²) in [6.07, 6.45) is 1.65. The first kappa shape index (κ1) is 14.6. The van der Waals surface area contributed by atoms with Crippen molar-refractivity contribution in [2.45, 2.75) is 24.3 Å². The first-order valence-electron chi connectivity index (χ1n) is 6.88. The number of hydrogen-bond acceptors (Lipinski definition) is 5. The van der Waals surface area contributed by atoms with E-state index in [2.05, 4.69) is 15.3 Å². The molecule has 0 bridgehead atoms. The third kappa shape index (κ3) is 3.12. The van der Waals surface area contributed by atoms with E-state index in [0.29, 0.717) is 11.0 Å². The van der Waals surface area contributed by atoms with Crippen molar-refractivity contribution < 1.29 is 9.21 Å². The molecule has 0 spiro atoms. The fraction of sp³-hybridized carbons (Fsp3) is 0.188. The van der Waals surface area contributed by atoms with Crippen LogP contribution < -0.4 is 5.32 Å². The van der Waals surface area contributed by atoms with E-state index in [9.17, 15) is 4.79 Å². The van der Waals surface area contributed by atoms with E-state index < -0.39 is 0 Å². The fourth-order valence-electron chi connectivity index (χ4n) is 1.94. The van der Waals surface area contributed by atoms with Gasteiger partial charge in [0.15, 0.2) is 5.58 Å². The van der Waals surface area contributed by atoms with Gasteiger partial charge in [-0.05, 0) is 37.6 Å². The topological polar surface area (TPSA) is 68.0 Å². The number of aryl methyl sites for hydroxylation is 1. The molecule has 1 amide bonds. The highest BCUT2D eigenvalue weighted by atomic mass is 32.2. The number of carbonyl (C=O) groups excluding carboxylic acids is 1. The van der Waals surface area contributed by atoms with Crippen molar-refractivity contribution in [1.29, 1.82) is 0 Å². The van der Waals surface area contributed by atoms with Crippen LogP contribution in [0.3, 0.4) is 0 Å². The van der Waals surface area contributed by atoms with Crippen LogP contribution in [-0.4, -0.2) is 21.1 Å². The Bertz CT molecular complexity index is 783. The van der Waals surface area contributed by atoms with Crippen LogP contribution in [-0.2, 0) is 4.79 Å². The predicted molar refractivity (Wildman–Crippen MR) is 86.9 cm³/mol. The zero-order valence-corrected chi connectivity index (χ0v) is 13.1. The van der Waals surface area contributed by atoms with E-state index in [-0.39, 0.29) is 11.2 Å². The number of rotatable bonds is 4. The van der Waals surface area contributed by atoms with Gasteiger partial charge in [0, 0.05) is 6.20 Å². The average molecular weight is 313 g/mol. The largest absolute Gasteiger partial charge is 0.431 e. The normalized spacial score (nSPS) is 12.3. The molecule has 1 aromatic carbocycles. The third-order valence-electron chi connectivity index (χ3n) is 3.17. The van der Waals surface area contributed by atoms with Crippen molar-refractivity contribution in [3.05, 3.63) is 48.2 Å². The molecule has 3 aromatic rings. The van der Waals surface area contributed by atoms with Gasteiger partial charge in [0.1, 0.15) is 11.3 Å². The number of hydrogen-bond donors (Lipinski definition) is 1. The number of carbonyl (C=O) groups is 1. The van der Waals surface area contributed by atoms with Gasteiger partial charge >= 0.3 is 0 Å². The van der Waals surface area contributed by atoms with Gasteiger partial charge in [-0.3, -0.25) is 4.79 Å². The Morgan fingerprint density at radius 3 is 2.86 bits per heavy atom. The summed E-state index contributed by atoms with van der Waals surface area (Å²) >= 11 is 1.28. The van der Waals surface area contributed by atoms with Gasteiger partial charge in [-0.1, -0.05) is 30.0 Å². The van der Waals surface area contributed by atoms with Crippen molar-refractivity contribution >= 4 is 34.6 Å². The number of anilines is 1. The molecule has 0 aliphatic rings. The van der Waals surface area contributed by atoms with Gasteiger partial charge in [0.2, 0.25) is 5.91 Å². The van der Waals surface area contributed by atoms with Crippen LogP contribution in [0.15, 0.2) is 52.2 Å². The lowest BCUT2D eigenvalue weighted by molar-refractivity contribution is -0.115. The molecular formula is C16H15N3O2S. The Morgan fingerprint density at radius 2 is 2.09 bits per heavy atom. The molecule has 22 heavy (non-hydrogen) atoms. The molecule has 5 nitrogen and oxygen atoms in total. The first-order valence-corrected chi connectivity index (χ1v) is 7.76. The van der Waals surface area contributed by atoms with E-state index in [0.717, 1.165) is 16.7 Å². The molecule has 1 N–H and O–H groups in total. The standard InChI is InChI=1S/C16H15N3O2S/c1-10-6-5-9-17-14(10)19-15(20)11(2)22-16-18-12-7-3-4-8-13(12)21-16/h3-9,11H,1-2H3,(H,17,19,20). The lowest BCUT2D eigenvalue weighted by Gasteiger charge is -2.10. The van der Waals surface area contributed by atoms with Gasteiger partial charge in [-0.15, -0.1) is 0 Å². The minimum absolute atomic E-state index is 0.131. The lowest BCUT2D eigenvalue weighted by atomic mass is 10.3. The summed E-state index contributed by atoms with van der Waals surface area (Å²) in [4.78, 5) is 20.8. The number of nitrogens with zero attached hydrogens (tertiary/aromatic N) is 2. The Morgan fingerprint density at radius 1 is 1.27 bits per heavy atom. The molecule has 0 aliphatic carbocycles. The van der Waals surface area contributed by atoms with Crippen LogP contribution in [0.2, 0.25) is 0 Å². The Kier molecular flexibility index (Phi) is 4.11. The highest BCUT2D eigenvalue weighted by molar-refractivity contribution is 8.00. The van der Waals surface area contributed by atoms with Gasteiger partial charge in [-0.2, -0.15) is 0 Å². The number of fused-ring (bicyclic) bond motifs is 1. The minimum Gasteiger partial charge on any atom is -0.431 e. The maximum absolute atomic E-state index is 12.2. The highest BCUT2D eigenvalue weighted by Crippen LogP contribution is 2.27. The molecule has 0 saturated heterocycles. The Labute approximate surface area is 132 Å². The van der Waals surface area contributed by atoms with Crippen LogP contribution >= 0.6 is 11.8 Å². The van der Waals surface area contributed by atoms with E-state index in [4.69, 9.17) is 4.42 Å². The summed E-state index contributed by atoms with van der Waals surface area (Å²) in [7, 11) is 0. The quantitative estimate of drug-likeness (QED) is 0.745. The number of aromatic nitrogens is 2. The molecule has 3 rings (SSSR count). The molecule has 2 heterocycles. The molecule has 6 heteroatoms. The number of thioether (sulfide) groups is 1. The van der Waals surface area contributed by atoms with Crippen LogP contribution in [0, 0.1) is 6.92 Å². The number of pyridine rings is 1. The second-order valence-corrected chi connectivity index (χ2v) is 6.16. The zero-order valence-electron chi connectivity index (χ0n) is 12.2. The first-order chi connectivity index (χ1) is 10.6. The van der Waals surface area contributed by atoms with Crippen LogP contribution in [0.4, 0.5) is 5.82 Å². The molecule has 112 valence electrons. The fourth-order valence-corrected chi connectivity index (χ4v) is 2.70. The van der Waals surface area contributed by atoms with E-state index in [1.807, 2.05) is 50.2 Å². The number of amides is 1. The van der Waals surface area contributed by atoms with E-state index >= 15 is 0 Å². The summed E-state index contributed by atoms with van der Waals surface area (Å²) in [5.74, 6) is 0.451. The number of benzene rings is 1.